The number of alkyl halides is 3. The molecule has 0 saturated heterocycles. The van der Waals surface area contributed by atoms with Crippen molar-refractivity contribution in [3.05, 3.63) is 41.3 Å². The van der Waals surface area contributed by atoms with Crippen molar-refractivity contribution in [2.45, 2.75) is 76.7 Å². The van der Waals surface area contributed by atoms with Gasteiger partial charge in [0.15, 0.2) is 0 Å². The summed E-state index contributed by atoms with van der Waals surface area (Å²) in [6.07, 6.45) is -1.16. The molecule has 2 amide bonds. The Kier molecular flexibility index (Phi) is 7.97. The first kappa shape index (κ1) is 27.9. The monoisotopic (exact) mass is 559 g/mol. The number of carbonyl (C=O) groups excluding carboxylic acids is 2. The van der Waals surface area contributed by atoms with Crippen LogP contribution in [-0.4, -0.2) is 62.8 Å². The lowest BCUT2D eigenvalue weighted by molar-refractivity contribution is -0.129. The van der Waals surface area contributed by atoms with Crippen molar-refractivity contribution in [2.75, 3.05) is 6.61 Å². The van der Waals surface area contributed by atoms with E-state index in [-0.39, 0.29) is 23.1 Å². The summed E-state index contributed by atoms with van der Waals surface area (Å²) in [6, 6.07) is 2.97. The van der Waals surface area contributed by atoms with Crippen molar-refractivity contribution in [3.63, 3.8) is 0 Å². The van der Waals surface area contributed by atoms with Crippen molar-refractivity contribution in [1.82, 2.24) is 25.6 Å². The van der Waals surface area contributed by atoms with Gasteiger partial charge in [-0.2, -0.15) is 0 Å². The smallest absolute Gasteiger partial charge is 0.263 e. The molecule has 5 rings (SSSR count). The molecule has 4 N–H and O–H groups in total. The molecule has 2 heterocycles. The first-order valence-corrected chi connectivity index (χ1v) is 13.4. The summed E-state index contributed by atoms with van der Waals surface area (Å²) in [5.74, 6) is -0.238. The summed E-state index contributed by atoms with van der Waals surface area (Å²) in [6.45, 7) is 3.49. The maximum Gasteiger partial charge on any atom is 0.263 e. The number of hydrogen-bond donors (Lipinski definition) is 4. The van der Waals surface area contributed by atoms with Gasteiger partial charge in [0.2, 0.25) is 5.91 Å². The highest BCUT2D eigenvalue weighted by Gasteiger charge is 2.34. The number of fused-ring (bicyclic) bond motifs is 1. The summed E-state index contributed by atoms with van der Waals surface area (Å²) in [4.78, 5) is 36.9. The van der Waals surface area contributed by atoms with Crippen molar-refractivity contribution < 1.29 is 32.6 Å². The number of rotatable bonds is 9. The van der Waals surface area contributed by atoms with Crippen LogP contribution in [0, 0.1) is 12.8 Å². The van der Waals surface area contributed by atoms with E-state index in [4.69, 9.17) is 4.74 Å². The molecule has 2 saturated carbocycles. The average Bonchev–Trinajstić information content (AvgIpc) is 3.68. The molecule has 2 fully saturated rings. The Morgan fingerprint density at radius 2 is 1.95 bits per heavy atom. The molecule has 4 atom stereocenters. The lowest BCUT2D eigenvalue weighted by atomic mass is 9.89. The molecule has 0 bridgehead atoms. The standard InChI is InChI=1S/C28H32F3N5O4/c1-13-22(28(39)36-20-7-6-17(10-19(20)29)35-27(38)14(2)37)24-25(34-13)23(32-12-33-24)18-9-16(26(30)31)5-8-21(18)40-11-15-3-4-15/h5,8-9,12,14-15,17,19-20,26,34,37H,3-4,6-7,10-11H2,1-2H3,(H,35,38)(H,36,39)/t14-,17+,19+,20-/m0/s1. The number of aryl methyl sites for hydroxylation is 1. The van der Waals surface area contributed by atoms with E-state index in [1.54, 1.807) is 6.92 Å². The number of aliphatic hydroxyl groups excluding tert-OH is 1. The van der Waals surface area contributed by atoms with E-state index in [9.17, 15) is 27.9 Å². The zero-order valence-electron chi connectivity index (χ0n) is 22.2. The summed E-state index contributed by atoms with van der Waals surface area (Å²) in [7, 11) is 0. The SMILES string of the molecule is Cc1[nH]c2c(-c3cc(C(F)F)ccc3OCC3CC3)ncnc2c1C(=O)N[C@H]1CC[C@@H](NC(=O)[C@H](C)O)C[C@H]1F. The second-order valence-electron chi connectivity index (χ2n) is 10.7. The third-order valence-electron chi connectivity index (χ3n) is 7.50. The van der Waals surface area contributed by atoms with Gasteiger partial charge in [0, 0.05) is 29.3 Å². The van der Waals surface area contributed by atoms with Crippen LogP contribution in [0.25, 0.3) is 22.3 Å². The van der Waals surface area contributed by atoms with E-state index < -0.39 is 42.6 Å². The topological polar surface area (TPSA) is 129 Å². The fourth-order valence-electron chi connectivity index (χ4n) is 5.06. The molecular weight excluding hydrogens is 527 g/mol. The molecule has 0 radical (unpaired) electrons. The Morgan fingerprint density at radius 1 is 1.18 bits per heavy atom. The number of aromatic nitrogens is 3. The average molecular weight is 560 g/mol. The summed E-state index contributed by atoms with van der Waals surface area (Å²) in [5, 5.41) is 14.8. The van der Waals surface area contributed by atoms with Gasteiger partial charge in [-0.05, 0) is 63.6 Å². The fraction of sp³-hybridized carbons (Fsp3) is 0.500. The lowest BCUT2D eigenvalue weighted by Crippen LogP contribution is -2.51. The second-order valence-corrected chi connectivity index (χ2v) is 10.7. The molecule has 0 spiro atoms. The van der Waals surface area contributed by atoms with Crippen LogP contribution in [0.5, 0.6) is 5.75 Å². The van der Waals surface area contributed by atoms with Gasteiger partial charge in [-0.25, -0.2) is 23.1 Å². The van der Waals surface area contributed by atoms with Crippen LogP contribution in [0.15, 0.2) is 24.5 Å². The largest absolute Gasteiger partial charge is 0.493 e. The van der Waals surface area contributed by atoms with E-state index in [2.05, 4.69) is 25.6 Å². The fourth-order valence-corrected chi connectivity index (χ4v) is 5.06. The quantitative estimate of drug-likeness (QED) is 0.312. The molecule has 214 valence electrons. The van der Waals surface area contributed by atoms with E-state index in [1.165, 1.54) is 31.5 Å². The summed E-state index contributed by atoms with van der Waals surface area (Å²) in [5.41, 5.74) is 1.83. The number of amides is 2. The van der Waals surface area contributed by atoms with Crippen LogP contribution in [0.4, 0.5) is 13.2 Å². The molecule has 1 aromatic carbocycles. The maximum absolute atomic E-state index is 15.0. The van der Waals surface area contributed by atoms with Crippen LogP contribution in [0.1, 0.15) is 67.1 Å². The number of halogens is 3. The van der Waals surface area contributed by atoms with Crippen LogP contribution >= 0.6 is 0 Å². The molecule has 40 heavy (non-hydrogen) atoms. The number of carbonyl (C=O) groups is 2. The number of aromatic amines is 1. The first-order valence-electron chi connectivity index (χ1n) is 13.4. The number of benzene rings is 1. The Balaban J connectivity index is 1.40. The molecule has 3 aromatic rings. The second kappa shape index (κ2) is 11.4. The van der Waals surface area contributed by atoms with E-state index >= 15 is 0 Å². The maximum atomic E-state index is 15.0. The van der Waals surface area contributed by atoms with Gasteiger partial charge in [0.25, 0.3) is 12.3 Å². The Morgan fingerprint density at radius 3 is 2.62 bits per heavy atom. The number of nitrogens with one attached hydrogen (secondary N) is 3. The van der Waals surface area contributed by atoms with Crippen LogP contribution in [0.3, 0.4) is 0 Å². The number of nitrogens with zero attached hydrogens (tertiary/aromatic N) is 2. The molecule has 9 nitrogen and oxygen atoms in total. The number of aliphatic hydroxyl groups is 1. The predicted octanol–water partition coefficient (Wildman–Crippen LogP) is 4.15. The van der Waals surface area contributed by atoms with E-state index in [0.29, 0.717) is 53.6 Å². The molecule has 2 aliphatic carbocycles. The highest BCUT2D eigenvalue weighted by Crippen LogP contribution is 2.38. The van der Waals surface area contributed by atoms with Crippen molar-refractivity contribution >= 4 is 22.8 Å². The lowest BCUT2D eigenvalue weighted by Gasteiger charge is -2.32. The van der Waals surface area contributed by atoms with Gasteiger partial charge in [0.1, 0.15) is 35.6 Å². The highest BCUT2D eigenvalue weighted by atomic mass is 19.3. The minimum atomic E-state index is -2.69. The van der Waals surface area contributed by atoms with Crippen molar-refractivity contribution in [3.8, 4) is 17.0 Å². The van der Waals surface area contributed by atoms with Crippen LogP contribution < -0.4 is 15.4 Å². The zero-order chi connectivity index (χ0) is 28.6. The third kappa shape index (κ3) is 5.91. The Labute approximate surface area is 228 Å². The molecule has 12 heteroatoms. The molecule has 2 aliphatic rings. The van der Waals surface area contributed by atoms with Crippen LogP contribution in [0.2, 0.25) is 0 Å². The number of hydrogen-bond acceptors (Lipinski definition) is 6. The number of ether oxygens (including phenoxy) is 1. The Hall–Kier alpha value is -3.67. The van der Waals surface area contributed by atoms with Gasteiger partial charge >= 0.3 is 0 Å². The van der Waals surface area contributed by atoms with Gasteiger partial charge in [-0.3, -0.25) is 9.59 Å². The first-order chi connectivity index (χ1) is 19.1. The third-order valence-corrected chi connectivity index (χ3v) is 7.50. The van der Waals surface area contributed by atoms with Crippen LogP contribution in [-0.2, 0) is 4.79 Å². The number of H-pyrrole nitrogens is 1. The van der Waals surface area contributed by atoms with Gasteiger partial charge in [-0.15, -0.1) is 0 Å². The minimum Gasteiger partial charge on any atom is -0.493 e. The van der Waals surface area contributed by atoms with Crippen molar-refractivity contribution in [2.24, 2.45) is 5.92 Å². The van der Waals surface area contributed by atoms with Gasteiger partial charge in [-0.1, -0.05) is 0 Å². The summed E-state index contributed by atoms with van der Waals surface area (Å²) >= 11 is 0. The Bertz CT molecular complexity index is 1410. The normalized spacial score (nSPS) is 21.8. The molecular formula is C28H32F3N5O4. The highest BCUT2D eigenvalue weighted by molar-refractivity contribution is 6.09. The van der Waals surface area contributed by atoms with E-state index in [1.807, 2.05) is 0 Å². The van der Waals surface area contributed by atoms with Gasteiger partial charge in [0.05, 0.1) is 23.7 Å². The summed E-state index contributed by atoms with van der Waals surface area (Å²) < 4.78 is 48.1. The molecule has 0 unspecified atom stereocenters. The van der Waals surface area contributed by atoms with Gasteiger partial charge < -0.3 is 25.5 Å². The zero-order valence-corrected chi connectivity index (χ0v) is 22.2. The molecule has 2 aromatic heterocycles. The van der Waals surface area contributed by atoms with E-state index in [0.717, 1.165) is 12.8 Å². The predicted molar refractivity (Wildman–Crippen MR) is 141 cm³/mol. The van der Waals surface area contributed by atoms with Crippen molar-refractivity contribution in [1.29, 1.82) is 0 Å². The minimum absolute atomic E-state index is 0.00665. The molecule has 0 aliphatic heterocycles.